The SMILES string of the molecule is O=C(O)C(C1CC1)S(=O)(=O)c1ccc(F)c(F)c1. The number of hydrogen-bond acceptors (Lipinski definition) is 3. The molecule has 0 bridgehead atoms. The molecule has 1 aliphatic carbocycles. The van der Waals surface area contributed by atoms with Gasteiger partial charge < -0.3 is 5.11 Å². The van der Waals surface area contributed by atoms with Crippen molar-refractivity contribution in [2.75, 3.05) is 0 Å². The molecular formula is C11H10F2O4S. The summed E-state index contributed by atoms with van der Waals surface area (Å²) in [6.45, 7) is 0. The van der Waals surface area contributed by atoms with Gasteiger partial charge in [-0.25, -0.2) is 17.2 Å². The van der Waals surface area contributed by atoms with Gasteiger partial charge in [0.15, 0.2) is 26.7 Å². The van der Waals surface area contributed by atoms with Gasteiger partial charge in [-0.15, -0.1) is 0 Å². The number of aliphatic carboxylic acids is 1. The summed E-state index contributed by atoms with van der Waals surface area (Å²) in [6, 6.07) is 2.07. The molecule has 1 saturated carbocycles. The van der Waals surface area contributed by atoms with E-state index in [4.69, 9.17) is 5.11 Å². The second kappa shape index (κ2) is 4.31. The van der Waals surface area contributed by atoms with Crippen LogP contribution in [0.25, 0.3) is 0 Å². The van der Waals surface area contributed by atoms with Crippen molar-refractivity contribution in [3.8, 4) is 0 Å². The monoisotopic (exact) mass is 276 g/mol. The highest BCUT2D eigenvalue weighted by molar-refractivity contribution is 7.92. The van der Waals surface area contributed by atoms with Gasteiger partial charge in [0.2, 0.25) is 0 Å². The van der Waals surface area contributed by atoms with Gasteiger partial charge in [0.05, 0.1) is 4.90 Å². The molecule has 0 radical (unpaired) electrons. The third-order valence-electron chi connectivity index (χ3n) is 2.85. The minimum absolute atomic E-state index is 0.444. The third-order valence-corrected chi connectivity index (χ3v) is 5.01. The normalized spacial score (nSPS) is 17.4. The topological polar surface area (TPSA) is 71.4 Å². The Morgan fingerprint density at radius 2 is 1.89 bits per heavy atom. The summed E-state index contributed by atoms with van der Waals surface area (Å²) >= 11 is 0. The molecule has 0 saturated heterocycles. The van der Waals surface area contributed by atoms with E-state index in [1.807, 2.05) is 0 Å². The number of carboxylic acid groups (broad SMARTS) is 1. The summed E-state index contributed by atoms with van der Waals surface area (Å²) in [5.41, 5.74) is 0. The van der Waals surface area contributed by atoms with Crippen molar-refractivity contribution >= 4 is 15.8 Å². The van der Waals surface area contributed by atoms with Gasteiger partial charge in [0.1, 0.15) is 0 Å². The molecule has 1 aliphatic rings. The molecule has 1 fully saturated rings. The Labute approximate surface area is 102 Å². The van der Waals surface area contributed by atoms with Crippen LogP contribution in [0.5, 0.6) is 0 Å². The quantitative estimate of drug-likeness (QED) is 0.848. The van der Waals surface area contributed by atoms with E-state index in [-0.39, 0.29) is 0 Å². The first-order chi connectivity index (χ1) is 8.34. The lowest BCUT2D eigenvalue weighted by Crippen LogP contribution is -2.32. The van der Waals surface area contributed by atoms with E-state index in [2.05, 4.69) is 0 Å². The van der Waals surface area contributed by atoms with Gasteiger partial charge in [-0.1, -0.05) is 0 Å². The Hall–Kier alpha value is -1.50. The third kappa shape index (κ3) is 2.22. The molecule has 7 heteroatoms. The molecule has 1 N–H and O–H groups in total. The highest BCUT2D eigenvalue weighted by Crippen LogP contribution is 2.38. The predicted octanol–water partition coefficient (Wildman–Crippen LogP) is 1.60. The Morgan fingerprint density at radius 3 is 2.33 bits per heavy atom. The Kier molecular flexibility index (Phi) is 3.10. The molecule has 1 aromatic carbocycles. The zero-order chi connectivity index (χ0) is 13.5. The van der Waals surface area contributed by atoms with Gasteiger partial charge in [0, 0.05) is 0 Å². The lowest BCUT2D eigenvalue weighted by Gasteiger charge is -2.12. The van der Waals surface area contributed by atoms with Crippen LogP contribution in [-0.2, 0) is 14.6 Å². The van der Waals surface area contributed by atoms with Crippen LogP contribution in [0.3, 0.4) is 0 Å². The fourth-order valence-corrected chi connectivity index (χ4v) is 3.65. The van der Waals surface area contributed by atoms with Gasteiger partial charge in [-0.3, -0.25) is 4.79 Å². The van der Waals surface area contributed by atoms with Crippen molar-refractivity contribution in [2.45, 2.75) is 23.0 Å². The summed E-state index contributed by atoms with van der Waals surface area (Å²) in [4.78, 5) is 10.5. The predicted molar refractivity (Wildman–Crippen MR) is 57.7 cm³/mol. The van der Waals surface area contributed by atoms with E-state index in [1.54, 1.807) is 0 Å². The fraction of sp³-hybridized carbons (Fsp3) is 0.364. The second-order valence-electron chi connectivity index (χ2n) is 4.22. The Morgan fingerprint density at radius 1 is 1.28 bits per heavy atom. The molecule has 18 heavy (non-hydrogen) atoms. The van der Waals surface area contributed by atoms with Crippen LogP contribution in [0.2, 0.25) is 0 Å². The van der Waals surface area contributed by atoms with Crippen LogP contribution in [0.4, 0.5) is 8.78 Å². The molecule has 0 amide bonds. The van der Waals surface area contributed by atoms with Crippen LogP contribution in [0.1, 0.15) is 12.8 Å². The van der Waals surface area contributed by atoms with Crippen LogP contribution in [0, 0.1) is 17.6 Å². The van der Waals surface area contributed by atoms with Crippen molar-refractivity contribution in [2.24, 2.45) is 5.92 Å². The molecule has 0 aliphatic heterocycles. The van der Waals surface area contributed by atoms with Crippen molar-refractivity contribution in [1.29, 1.82) is 0 Å². The zero-order valence-corrected chi connectivity index (χ0v) is 9.95. The number of sulfone groups is 1. The standard InChI is InChI=1S/C11H10F2O4S/c12-8-4-3-7(5-9(8)13)18(16,17)10(11(14)15)6-1-2-6/h3-6,10H,1-2H2,(H,14,15). The lowest BCUT2D eigenvalue weighted by molar-refractivity contribution is -0.136. The van der Waals surface area contributed by atoms with Crippen molar-refractivity contribution < 1.29 is 27.1 Å². The van der Waals surface area contributed by atoms with Crippen LogP contribution < -0.4 is 0 Å². The maximum atomic E-state index is 13.0. The minimum Gasteiger partial charge on any atom is -0.480 e. The number of rotatable bonds is 4. The number of carboxylic acids is 1. The molecule has 4 nitrogen and oxygen atoms in total. The summed E-state index contributed by atoms with van der Waals surface area (Å²) in [7, 11) is -4.18. The van der Waals surface area contributed by atoms with E-state index >= 15 is 0 Å². The summed E-state index contributed by atoms with van der Waals surface area (Å²) < 4.78 is 49.8. The van der Waals surface area contributed by atoms with Gasteiger partial charge in [-0.05, 0) is 37.0 Å². The highest BCUT2D eigenvalue weighted by atomic mass is 32.2. The maximum absolute atomic E-state index is 13.0. The van der Waals surface area contributed by atoms with E-state index in [1.165, 1.54) is 0 Å². The average Bonchev–Trinajstić information content (AvgIpc) is 3.05. The van der Waals surface area contributed by atoms with E-state index in [0.717, 1.165) is 6.07 Å². The van der Waals surface area contributed by atoms with E-state index in [9.17, 15) is 22.0 Å². The lowest BCUT2D eigenvalue weighted by atomic mass is 10.3. The largest absolute Gasteiger partial charge is 0.480 e. The molecule has 1 atom stereocenters. The molecule has 98 valence electrons. The first-order valence-electron chi connectivity index (χ1n) is 5.26. The van der Waals surface area contributed by atoms with Crippen LogP contribution in [-0.4, -0.2) is 24.7 Å². The molecule has 0 aromatic heterocycles. The molecule has 1 aromatic rings. The van der Waals surface area contributed by atoms with Crippen molar-refractivity contribution in [3.63, 3.8) is 0 Å². The van der Waals surface area contributed by atoms with E-state index < -0.39 is 43.5 Å². The van der Waals surface area contributed by atoms with Crippen LogP contribution >= 0.6 is 0 Å². The molecule has 1 unspecified atom stereocenters. The van der Waals surface area contributed by atoms with Crippen molar-refractivity contribution in [1.82, 2.24) is 0 Å². The van der Waals surface area contributed by atoms with Gasteiger partial charge in [0.25, 0.3) is 0 Å². The highest BCUT2D eigenvalue weighted by Gasteiger charge is 2.46. The summed E-state index contributed by atoms with van der Waals surface area (Å²) in [5, 5.41) is 7.38. The molecule has 0 spiro atoms. The minimum atomic E-state index is -4.18. The van der Waals surface area contributed by atoms with Crippen molar-refractivity contribution in [3.05, 3.63) is 29.8 Å². The Balaban J connectivity index is 2.46. The number of carbonyl (C=O) groups is 1. The second-order valence-corrected chi connectivity index (χ2v) is 6.29. The number of hydrogen-bond donors (Lipinski definition) is 1. The first-order valence-corrected chi connectivity index (χ1v) is 6.80. The van der Waals surface area contributed by atoms with Gasteiger partial charge >= 0.3 is 5.97 Å². The number of benzene rings is 1. The smallest absolute Gasteiger partial charge is 0.322 e. The van der Waals surface area contributed by atoms with E-state index in [0.29, 0.717) is 25.0 Å². The molecule has 0 heterocycles. The fourth-order valence-electron chi connectivity index (χ4n) is 1.79. The maximum Gasteiger partial charge on any atom is 0.322 e. The summed E-state index contributed by atoms with van der Waals surface area (Å²) in [5.74, 6) is -4.38. The summed E-state index contributed by atoms with van der Waals surface area (Å²) in [6.07, 6.45) is 1.03. The first kappa shape index (κ1) is 12.9. The Bertz CT molecular complexity index is 593. The molecule has 2 rings (SSSR count). The zero-order valence-electron chi connectivity index (χ0n) is 9.14. The van der Waals surface area contributed by atoms with Gasteiger partial charge in [-0.2, -0.15) is 0 Å². The molecular weight excluding hydrogens is 266 g/mol. The average molecular weight is 276 g/mol. The van der Waals surface area contributed by atoms with Crippen LogP contribution in [0.15, 0.2) is 23.1 Å². The number of halogens is 2.